The Hall–Kier alpha value is -0.203. The van der Waals surface area contributed by atoms with Crippen molar-refractivity contribution >= 4 is 8.80 Å². The maximum absolute atomic E-state index is 5.97. The minimum atomic E-state index is -2.65. The van der Waals surface area contributed by atoms with Crippen LogP contribution in [-0.2, 0) is 13.3 Å². The monoisotopic (exact) mass is 243 g/mol. The van der Waals surface area contributed by atoms with Crippen molar-refractivity contribution in [3.8, 4) is 0 Å². The molecule has 0 radical (unpaired) electrons. The lowest BCUT2D eigenvalue weighted by Gasteiger charge is -2.44. The van der Waals surface area contributed by atoms with E-state index in [-0.39, 0.29) is 18.3 Å². The Labute approximate surface area is 98.5 Å². The minimum absolute atomic E-state index is 0.143. The van der Waals surface area contributed by atoms with E-state index in [2.05, 4.69) is 32.3 Å². The third kappa shape index (κ3) is 2.54. The smallest absolute Gasteiger partial charge is 0.366 e. The molecule has 3 saturated heterocycles. The summed E-state index contributed by atoms with van der Waals surface area (Å²) in [5.41, 5.74) is 1.76. The number of hydrogen-bond acceptors (Lipinski definition) is 4. The maximum atomic E-state index is 5.97. The normalized spacial score (nSPS) is 49.2. The maximum Gasteiger partial charge on any atom is 0.529 e. The van der Waals surface area contributed by atoms with Crippen LogP contribution in [0.25, 0.3) is 0 Å². The predicted octanol–water partition coefficient (Wildman–Crippen LogP) is 1.20. The van der Waals surface area contributed by atoms with Crippen molar-refractivity contribution in [2.75, 3.05) is 19.6 Å². The molecule has 3 unspecified atom stereocenters. The highest BCUT2D eigenvalue weighted by molar-refractivity contribution is 6.66. The van der Waals surface area contributed by atoms with Crippen molar-refractivity contribution < 1.29 is 13.3 Å². The van der Waals surface area contributed by atoms with Crippen molar-refractivity contribution in [1.29, 1.82) is 0 Å². The third-order valence-corrected chi connectivity index (χ3v) is 5.58. The Balaban J connectivity index is 2.27. The lowest BCUT2D eigenvalue weighted by Crippen LogP contribution is -2.60. The van der Waals surface area contributed by atoms with E-state index < -0.39 is 8.80 Å². The molecule has 92 valence electrons. The van der Waals surface area contributed by atoms with Crippen LogP contribution in [0, 0.1) is 0 Å². The summed E-state index contributed by atoms with van der Waals surface area (Å²) in [6.45, 7) is 12.9. The van der Waals surface area contributed by atoms with Crippen molar-refractivity contribution in [3.05, 3.63) is 12.3 Å². The van der Waals surface area contributed by atoms with Crippen LogP contribution in [0.2, 0.25) is 0 Å². The van der Waals surface area contributed by atoms with E-state index in [4.69, 9.17) is 13.3 Å². The van der Waals surface area contributed by atoms with Gasteiger partial charge >= 0.3 is 8.80 Å². The van der Waals surface area contributed by atoms with Gasteiger partial charge < -0.3 is 13.3 Å². The molecule has 2 bridgehead atoms. The summed E-state index contributed by atoms with van der Waals surface area (Å²) in [6, 6.07) is 0. The molecular formula is C11H21NO3Si. The zero-order chi connectivity index (χ0) is 11.8. The molecule has 3 rings (SSSR count). The fraction of sp³-hybridized carbons (Fsp3) is 0.818. The summed E-state index contributed by atoms with van der Waals surface area (Å²) in [5.74, 6) is 0. The van der Waals surface area contributed by atoms with Crippen LogP contribution in [0.1, 0.15) is 20.8 Å². The molecule has 0 aromatic heterocycles. The second-order valence-corrected chi connectivity index (χ2v) is 7.13. The van der Waals surface area contributed by atoms with Crippen LogP contribution in [0.15, 0.2) is 12.3 Å². The van der Waals surface area contributed by atoms with Crippen LogP contribution in [0.5, 0.6) is 0 Å². The first-order valence-corrected chi connectivity index (χ1v) is 7.72. The van der Waals surface area contributed by atoms with Gasteiger partial charge in [0.2, 0.25) is 0 Å². The highest BCUT2D eigenvalue weighted by atomic mass is 28.4. The fourth-order valence-corrected chi connectivity index (χ4v) is 4.86. The van der Waals surface area contributed by atoms with Crippen LogP contribution in [0.4, 0.5) is 0 Å². The number of nitrogens with zero attached hydrogens (tertiary/aromatic N) is 1. The molecule has 0 spiro atoms. The Morgan fingerprint density at radius 1 is 1.00 bits per heavy atom. The molecular weight excluding hydrogens is 222 g/mol. The van der Waals surface area contributed by atoms with Gasteiger partial charge in [0, 0.05) is 19.6 Å². The van der Waals surface area contributed by atoms with Gasteiger partial charge in [-0.1, -0.05) is 6.58 Å². The second kappa shape index (κ2) is 4.58. The van der Waals surface area contributed by atoms with Crippen LogP contribution in [0.3, 0.4) is 0 Å². The average molecular weight is 243 g/mol. The van der Waals surface area contributed by atoms with Gasteiger partial charge in [0.15, 0.2) is 0 Å². The Kier molecular flexibility index (Phi) is 3.51. The first-order chi connectivity index (χ1) is 7.53. The van der Waals surface area contributed by atoms with Gasteiger partial charge in [-0.2, -0.15) is 0 Å². The highest BCUT2D eigenvalue weighted by Gasteiger charge is 2.46. The van der Waals surface area contributed by atoms with Gasteiger partial charge in [0.25, 0.3) is 0 Å². The summed E-state index contributed by atoms with van der Waals surface area (Å²) in [4.78, 5) is 2.35. The number of fused-ring (bicyclic) bond motifs is 6. The standard InChI is InChI=1S/C11H21NO3Si/c1-5-16-13-9(2)6-12(7-10(3)14-16)8-11(4)15-16/h5,9-11H,1,6-8H2,2-4H3. The van der Waals surface area contributed by atoms with Crippen molar-refractivity contribution in [2.24, 2.45) is 0 Å². The first kappa shape index (κ1) is 12.3. The molecule has 0 aliphatic carbocycles. The summed E-state index contributed by atoms with van der Waals surface area (Å²) in [5, 5.41) is 0. The molecule has 3 atom stereocenters. The summed E-state index contributed by atoms with van der Waals surface area (Å²) < 4.78 is 17.9. The largest absolute Gasteiger partial charge is 0.529 e. The van der Waals surface area contributed by atoms with Gasteiger partial charge in [-0.15, -0.1) is 0 Å². The van der Waals surface area contributed by atoms with Gasteiger partial charge in [0.1, 0.15) is 0 Å². The third-order valence-electron chi connectivity index (χ3n) is 2.89. The SMILES string of the molecule is C=C[Si]12OC(C)CN(CC(C)O1)CC(C)O2. The summed E-state index contributed by atoms with van der Waals surface area (Å²) in [7, 11) is -2.65. The summed E-state index contributed by atoms with van der Waals surface area (Å²) in [6.07, 6.45) is 0.430. The molecule has 0 N–H and O–H groups in total. The fourth-order valence-electron chi connectivity index (χ4n) is 2.50. The molecule has 0 aromatic rings. The van der Waals surface area contributed by atoms with E-state index in [0.29, 0.717) is 0 Å². The van der Waals surface area contributed by atoms with Crippen LogP contribution in [-0.4, -0.2) is 51.7 Å². The molecule has 0 saturated carbocycles. The minimum Gasteiger partial charge on any atom is -0.366 e. The second-order valence-electron chi connectivity index (χ2n) is 4.81. The van der Waals surface area contributed by atoms with Crippen molar-refractivity contribution in [3.63, 3.8) is 0 Å². The quantitative estimate of drug-likeness (QED) is 0.648. The first-order valence-electron chi connectivity index (χ1n) is 5.92. The zero-order valence-corrected chi connectivity index (χ0v) is 11.3. The molecule has 3 aliphatic heterocycles. The van der Waals surface area contributed by atoms with Gasteiger partial charge in [-0.05, 0) is 26.5 Å². The van der Waals surface area contributed by atoms with Gasteiger partial charge in [-0.25, -0.2) is 0 Å². The Bertz CT molecular complexity index is 238. The van der Waals surface area contributed by atoms with Crippen molar-refractivity contribution in [1.82, 2.24) is 4.90 Å². The molecule has 0 aromatic carbocycles. The predicted molar refractivity (Wildman–Crippen MR) is 64.0 cm³/mol. The average Bonchev–Trinajstić information content (AvgIpc) is 2.11. The molecule has 5 heteroatoms. The van der Waals surface area contributed by atoms with E-state index in [1.165, 1.54) is 0 Å². The number of rotatable bonds is 1. The van der Waals surface area contributed by atoms with Gasteiger partial charge in [0.05, 0.1) is 18.3 Å². The lowest BCUT2D eigenvalue weighted by molar-refractivity contribution is -0.0717. The van der Waals surface area contributed by atoms with E-state index in [1.54, 1.807) is 5.70 Å². The van der Waals surface area contributed by atoms with E-state index in [1.807, 2.05) is 0 Å². The van der Waals surface area contributed by atoms with E-state index >= 15 is 0 Å². The molecule has 0 amide bonds. The molecule has 4 nitrogen and oxygen atoms in total. The van der Waals surface area contributed by atoms with Crippen LogP contribution < -0.4 is 0 Å². The zero-order valence-electron chi connectivity index (χ0n) is 10.3. The topological polar surface area (TPSA) is 30.9 Å². The molecule has 16 heavy (non-hydrogen) atoms. The number of hydrogen-bond donors (Lipinski definition) is 0. The Morgan fingerprint density at radius 3 is 1.69 bits per heavy atom. The van der Waals surface area contributed by atoms with Crippen molar-refractivity contribution in [2.45, 2.75) is 39.1 Å². The highest BCUT2D eigenvalue weighted by Crippen LogP contribution is 2.25. The molecule has 3 heterocycles. The van der Waals surface area contributed by atoms with E-state index in [0.717, 1.165) is 19.6 Å². The summed E-state index contributed by atoms with van der Waals surface area (Å²) >= 11 is 0. The van der Waals surface area contributed by atoms with Gasteiger partial charge in [-0.3, -0.25) is 4.90 Å². The lowest BCUT2D eigenvalue weighted by atomic mass is 10.2. The Morgan fingerprint density at radius 2 is 1.38 bits per heavy atom. The molecule has 3 aliphatic rings. The molecule has 3 fully saturated rings. The van der Waals surface area contributed by atoms with E-state index in [9.17, 15) is 0 Å². The van der Waals surface area contributed by atoms with Crippen LogP contribution >= 0.6 is 0 Å².